The summed E-state index contributed by atoms with van der Waals surface area (Å²) in [6.07, 6.45) is 2.59. The van der Waals surface area contributed by atoms with Crippen LogP contribution in [0.15, 0.2) is 6.20 Å². The molecular formula is C8H11N4P. The number of aryl methyl sites for hydroxylation is 2. The van der Waals surface area contributed by atoms with Crippen molar-refractivity contribution in [1.29, 1.82) is 0 Å². The molecule has 13 heavy (non-hydrogen) atoms. The Bertz CT molecular complexity index is 410. The molecule has 0 radical (unpaired) electrons. The summed E-state index contributed by atoms with van der Waals surface area (Å²) in [5.74, 6) is 0.837. The van der Waals surface area contributed by atoms with Gasteiger partial charge >= 0.3 is 0 Å². The Morgan fingerprint density at radius 3 is 2.85 bits per heavy atom. The van der Waals surface area contributed by atoms with Gasteiger partial charge in [-0.25, -0.2) is 9.50 Å². The van der Waals surface area contributed by atoms with Crippen molar-refractivity contribution < 1.29 is 0 Å². The zero-order valence-corrected chi connectivity index (χ0v) is 8.81. The molecule has 68 valence electrons. The third kappa shape index (κ3) is 1.31. The molecule has 0 aromatic carbocycles. The number of hydrogen-bond donors (Lipinski definition) is 0. The van der Waals surface area contributed by atoms with E-state index in [4.69, 9.17) is 0 Å². The molecule has 0 bridgehead atoms. The predicted molar refractivity (Wildman–Crippen MR) is 53.7 cm³/mol. The minimum absolute atomic E-state index is 0.778. The van der Waals surface area contributed by atoms with Gasteiger partial charge in [0.1, 0.15) is 0 Å². The molecule has 2 heterocycles. The normalized spacial score (nSPS) is 11.0. The summed E-state index contributed by atoms with van der Waals surface area (Å²) in [7, 11) is 2.62. The zero-order chi connectivity index (χ0) is 9.42. The van der Waals surface area contributed by atoms with Crippen molar-refractivity contribution in [2.24, 2.45) is 0 Å². The fourth-order valence-electron chi connectivity index (χ4n) is 1.22. The molecule has 2 rings (SSSR count). The van der Waals surface area contributed by atoms with Crippen LogP contribution in [0.1, 0.15) is 17.2 Å². The lowest BCUT2D eigenvalue weighted by molar-refractivity contribution is 0.868. The maximum Gasteiger partial charge on any atom is 0.177 e. The highest BCUT2D eigenvalue weighted by Gasteiger charge is 2.06. The van der Waals surface area contributed by atoms with Gasteiger partial charge in [-0.1, -0.05) is 0 Å². The van der Waals surface area contributed by atoms with Crippen LogP contribution in [0.25, 0.3) is 5.65 Å². The lowest BCUT2D eigenvalue weighted by Gasteiger charge is -1.97. The largest absolute Gasteiger partial charge is 0.256 e. The van der Waals surface area contributed by atoms with Crippen molar-refractivity contribution in [1.82, 2.24) is 19.6 Å². The SMILES string of the molecule is Cc1ncc(C)n2nc(CP)nc12. The van der Waals surface area contributed by atoms with Gasteiger partial charge in [0.25, 0.3) is 0 Å². The first-order chi connectivity index (χ1) is 6.22. The monoisotopic (exact) mass is 194 g/mol. The quantitative estimate of drug-likeness (QED) is 0.639. The van der Waals surface area contributed by atoms with Crippen LogP contribution in [-0.4, -0.2) is 19.6 Å². The number of aromatic nitrogens is 4. The van der Waals surface area contributed by atoms with Crippen LogP contribution in [0.3, 0.4) is 0 Å². The van der Waals surface area contributed by atoms with Crippen LogP contribution in [0.2, 0.25) is 0 Å². The Labute approximate surface area is 78.6 Å². The summed E-state index contributed by atoms with van der Waals surface area (Å²) in [6, 6.07) is 0. The number of rotatable bonds is 1. The van der Waals surface area contributed by atoms with Gasteiger partial charge in [-0.05, 0) is 13.8 Å². The molecule has 0 aliphatic heterocycles. The predicted octanol–water partition coefficient (Wildman–Crippen LogP) is 1.12. The third-order valence-corrected chi connectivity index (χ3v) is 2.30. The van der Waals surface area contributed by atoms with Crippen LogP contribution in [0, 0.1) is 13.8 Å². The number of nitrogens with zero attached hydrogens (tertiary/aromatic N) is 4. The molecule has 4 nitrogen and oxygen atoms in total. The average Bonchev–Trinajstić information content (AvgIpc) is 2.56. The maximum atomic E-state index is 4.36. The van der Waals surface area contributed by atoms with E-state index in [0.29, 0.717) is 0 Å². The topological polar surface area (TPSA) is 43.1 Å². The molecule has 2 aromatic rings. The summed E-state index contributed by atoms with van der Waals surface area (Å²) < 4.78 is 1.84. The van der Waals surface area contributed by atoms with Crippen LogP contribution < -0.4 is 0 Å². The van der Waals surface area contributed by atoms with Crippen LogP contribution in [0.5, 0.6) is 0 Å². The Morgan fingerprint density at radius 1 is 1.46 bits per heavy atom. The van der Waals surface area contributed by atoms with Gasteiger partial charge < -0.3 is 0 Å². The van der Waals surface area contributed by atoms with Crippen LogP contribution >= 0.6 is 9.24 Å². The van der Waals surface area contributed by atoms with Crippen molar-refractivity contribution in [2.75, 3.05) is 0 Å². The molecule has 0 saturated carbocycles. The minimum Gasteiger partial charge on any atom is -0.256 e. The second kappa shape index (κ2) is 3.04. The van der Waals surface area contributed by atoms with E-state index in [9.17, 15) is 0 Å². The Kier molecular flexibility index (Phi) is 2.00. The van der Waals surface area contributed by atoms with Gasteiger partial charge in [0.15, 0.2) is 11.5 Å². The van der Waals surface area contributed by atoms with Crippen LogP contribution in [0.4, 0.5) is 0 Å². The Balaban J connectivity index is 2.80. The second-order valence-electron chi connectivity index (χ2n) is 2.95. The molecule has 0 N–H and O–H groups in total. The van der Waals surface area contributed by atoms with E-state index in [-0.39, 0.29) is 0 Å². The smallest absolute Gasteiger partial charge is 0.177 e. The van der Waals surface area contributed by atoms with Crippen molar-refractivity contribution in [2.45, 2.75) is 20.0 Å². The van der Waals surface area contributed by atoms with Gasteiger partial charge in [-0.15, -0.1) is 9.24 Å². The standard InChI is InChI=1S/C8H11N4P/c1-5-3-9-6(2)8-10-7(4-13)11-12(5)8/h3H,4,13H2,1-2H3. The summed E-state index contributed by atoms with van der Waals surface area (Å²) >= 11 is 0. The molecule has 0 aliphatic rings. The zero-order valence-electron chi connectivity index (χ0n) is 7.65. The van der Waals surface area contributed by atoms with E-state index in [1.54, 1.807) is 0 Å². The van der Waals surface area contributed by atoms with E-state index in [0.717, 1.165) is 29.0 Å². The highest BCUT2D eigenvalue weighted by molar-refractivity contribution is 7.15. The second-order valence-corrected chi connectivity index (χ2v) is 3.36. The highest BCUT2D eigenvalue weighted by Crippen LogP contribution is 2.09. The fraction of sp³-hybridized carbons (Fsp3) is 0.375. The summed E-state index contributed by atoms with van der Waals surface area (Å²) in [5.41, 5.74) is 2.79. The first kappa shape index (κ1) is 8.57. The maximum absolute atomic E-state index is 4.36. The molecule has 0 amide bonds. The van der Waals surface area contributed by atoms with Gasteiger partial charge in [0.05, 0.1) is 11.4 Å². The third-order valence-electron chi connectivity index (χ3n) is 1.94. The van der Waals surface area contributed by atoms with Gasteiger partial charge in [0.2, 0.25) is 0 Å². The molecule has 0 fully saturated rings. The minimum atomic E-state index is 0.778. The lowest BCUT2D eigenvalue weighted by atomic mass is 10.4. The molecule has 0 saturated heterocycles. The summed E-state index contributed by atoms with van der Waals surface area (Å²) in [4.78, 5) is 8.58. The first-order valence-corrected chi connectivity index (χ1v) is 4.92. The average molecular weight is 194 g/mol. The van der Waals surface area contributed by atoms with Gasteiger partial charge in [-0.2, -0.15) is 5.10 Å². The van der Waals surface area contributed by atoms with Crippen molar-refractivity contribution >= 4 is 14.9 Å². The molecule has 5 heteroatoms. The summed E-state index contributed by atoms with van der Waals surface area (Å²) in [5, 5.41) is 4.34. The van der Waals surface area contributed by atoms with E-state index in [2.05, 4.69) is 24.3 Å². The lowest BCUT2D eigenvalue weighted by Crippen LogP contribution is -1.97. The molecule has 0 spiro atoms. The van der Waals surface area contributed by atoms with E-state index in [1.165, 1.54) is 0 Å². The van der Waals surface area contributed by atoms with E-state index < -0.39 is 0 Å². The fourth-order valence-corrected chi connectivity index (χ4v) is 1.40. The van der Waals surface area contributed by atoms with Gasteiger partial charge in [-0.3, -0.25) is 4.98 Å². The van der Waals surface area contributed by atoms with Crippen molar-refractivity contribution in [3.63, 3.8) is 0 Å². The van der Waals surface area contributed by atoms with Gasteiger partial charge in [0, 0.05) is 12.4 Å². The molecule has 1 unspecified atom stereocenters. The van der Waals surface area contributed by atoms with Crippen molar-refractivity contribution in [3.8, 4) is 0 Å². The molecular weight excluding hydrogens is 183 g/mol. The Hall–Kier alpha value is -1.02. The first-order valence-electron chi connectivity index (χ1n) is 4.10. The number of fused-ring (bicyclic) bond motifs is 1. The number of hydrogen-bond acceptors (Lipinski definition) is 3. The van der Waals surface area contributed by atoms with E-state index >= 15 is 0 Å². The van der Waals surface area contributed by atoms with Crippen molar-refractivity contribution in [3.05, 3.63) is 23.4 Å². The Morgan fingerprint density at radius 2 is 2.23 bits per heavy atom. The molecule has 1 atom stereocenters. The summed E-state index contributed by atoms with van der Waals surface area (Å²) in [6.45, 7) is 3.91. The highest BCUT2D eigenvalue weighted by atomic mass is 31.0. The molecule has 2 aromatic heterocycles. The van der Waals surface area contributed by atoms with Crippen LogP contribution in [-0.2, 0) is 6.16 Å². The molecule has 0 aliphatic carbocycles. The van der Waals surface area contributed by atoms with E-state index in [1.807, 2.05) is 24.6 Å².